The Hall–Kier alpha value is -3.40. The Labute approximate surface area is 196 Å². The van der Waals surface area contributed by atoms with Crippen molar-refractivity contribution in [2.75, 3.05) is 18.2 Å². The summed E-state index contributed by atoms with van der Waals surface area (Å²) in [6.45, 7) is 2.18. The fraction of sp³-hybridized carbons (Fsp3) is 0.348. The zero-order chi connectivity index (χ0) is 23.2. The van der Waals surface area contributed by atoms with Gasteiger partial charge < -0.3 is 14.8 Å². The van der Waals surface area contributed by atoms with Gasteiger partial charge in [0.2, 0.25) is 17.3 Å². The van der Waals surface area contributed by atoms with Gasteiger partial charge in [0.25, 0.3) is 5.69 Å². The number of nitrogens with zero attached hydrogens (tertiary/aromatic N) is 4. The molecule has 0 aliphatic carbocycles. The molecule has 1 atom stereocenters. The fourth-order valence-corrected chi connectivity index (χ4v) is 4.36. The zero-order valence-corrected chi connectivity index (χ0v) is 19.3. The lowest BCUT2D eigenvalue weighted by Crippen LogP contribution is -2.18. The van der Waals surface area contributed by atoms with Gasteiger partial charge in [-0.2, -0.15) is 4.98 Å². The number of anilines is 1. The van der Waals surface area contributed by atoms with E-state index in [0.717, 1.165) is 23.4 Å². The van der Waals surface area contributed by atoms with Crippen molar-refractivity contribution in [2.24, 2.45) is 0 Å². The van der Waals surface area contributed by atoms with Gasteiger partial charge in [0, 0.05) is 29.1 Å². The number of hydrogen-bond donors (Lipinski definition) is 1. The molecular weight excluding hydrogens is 442 g/mol. The lowest BCUT2D eigenvalue weighted by molar-refractivity contribution is -0.385. The molecule has 0 radical (unpaired) electrons. The van der Waals surface area contributed by atoms with Crippen LogP contribution in [0.1, 0.15) is 44.4 Å². The van der Waals surface area contributed by atoms with Gasteiger partial charge in [-0.25, -0.2) is 0 Å². The highest BCUT2D eigenvalue weighted by Crippen LogP contribution is 2.41. The third kappa shape index (κ3) is 5.16. The number of benzene rings is 2. The van der Waals surface area contributed by atoms with E-state index in [0.29, 0.717) is 28.0 Å². The zero-order valence-electron chi connectivity index (χ0n) is 18.5. The summed E-state index contributed by atoms with van der Waals surface area (Å²) >= 11 is 1.54. The Morgan fingerprint density at radius 2 is 2.03 bits per heavy atom. The van der Waals surface area contributed by atoms with Gasteiger partial charge in [0.05, 0.1) is 17.6 Å². The summed E-state index contributed by atoms with van der Waals surface area (Å²) in [5.41, 5.74) is 2.49. The summed E-state index contributed by atoms with van der Waals surface area (Å²) in [5, 5.41) is 23.9. The van der Waals surface area contributed by atoms with Crippen molar-refractivity contribution in [3.63, 3.8) is 0 Å². The van der Waals surface area contributed by atoms with Gasteiger partial charge in [-0.1, -0.05) is 56.1 Å². The lowest BCUT2D eigenvalue weighted by Gasteiger charge is -2.21. The van der Waals surface area contributed by atoms with Crippen molar-refractivity contribution in [3.8, 4) is 22.9 Å². The highest BCUT2D eigenvalue weighted by atomic mass is 32.2. The van der Waals surface area contributed by atoms with Crippen LogP contribution in [0, 0.1) is 10.1 Å². The first-order chi connectivity index (χ1) is 16.1. The third-order valence-corrected chi connectivity index (χ3v) is 6.19. The van der Waals surface area contributed by atoms with Crippen LogP contribution in [0.25, 0.3) is 11.3 Å². The first kappa shape index (κ1) is 22.8. The molecule has 1 aliphatic rings. The van der Waals surface area contributed by atoms with Crippen LogP contribution in [0.4, 0.5) is 11.4 Å². The Kier molecular flexibility index (Phi) is 7.23. The number of nitro groups is 1. The average molecular weight is 468 g/mol. The molecule has 0 saturated carbocycles. The summed E-state index contributed by atoms with van der Waals surface area (Å²) in [6, 6.07) is 12.0. The number of hydrogen-bond acceptors (Lipinski definition) is 9. The van der Waals surface area contributed by atoms with Gasteiger partial charge in [0.1, 0.15) is 5.75 Å². The van der Waals surface area contributed by atoms with E-state index in [9.17, 15) is 10.1 Å². The number of thioether (sulfide) groups is 1. The quantitative estimate of drug-likeness (QED) is 0.185. The number of nitro benzene ring substituents is 1. The van der Waals surface area contributed by atoms with E-state index in [2.05, 4.69) is 27.4 Å². The second kappa shape index (κ2) is 10.5. The first-order valence-corrected chi connectivity index (χ1v) is 11.8. The molecule has 0 fully saturated rings. The van der Waals surface area contributed by atoms with Gasteiger partial charge in [-0.15, -0.1) is 10.2 Å². The van der Waals surface area contributed by atoms with E-state index >= 15 is 0 Å². The normalized spacial score (nSPS) is 14.3. The second-order valence-electron chi connectivity index (χ2n) is 7.53. The van der Waals surface area contributed by atoms with E-state index in [-0.39, 0.29) is 5.69 Å². The summed E-state index contributed by atoms with van der Waals surface area (Å²) in [7, 11) is 1.51. The van der Waals surface area contributed by atoms with Crippen molar-refractivity contribution in [1.82, 2.24) is 15.2 Å². The van der Waals surface area contributed by atoms with E-state index in [1.54, 1.807) is 17.8 Å². The third-order valence-electron chi connectivity index (χ3n) is 5.27. The number of unbranched alkanes of at least 4 members (excludes halogenated alkanes) is 3. The Balaban J connectivity index is 1.70. The molecule has 0 spiro atoms. The molecule has 10 heteroatoms. The Morgan fingerprint density at radius 3 is 2.82 bits per heavy atom. The van der Waals surface area contributed by atoms with Crippen LogP contribution in [0.2, 0.25) is 0 Å². The topological polar surface area (TPSA) is 112 Å². The molecule has 2 aromatic carbocycles. The van der Waals surface area contributed by atoms with Crippen LogP contribution < -0.4 is 14.8 Å². The van der Waals surface area contributed by atoms with Crippen molar-refractivity contribution in [2.45, 2.75) is 44.0 Å². The summed E-state index contributed by atoms with van der Waals surface area (Å²) in [4.78, 5) is 15.6. The number of non-ortho nitro benzene ring substituents is 1. The number of para-hydroxylation sites is 1. The monoisotopic (exact) mass is 467 g/mol. The molecular formula is C23H25N5O4S. The molecule has 9 nitrogen and oxygen atoms in total. The van der Waals surface area contributed by atoms with Crippen LogP contribution in [-0.2, 0) is 0 Å². The number of rotatable bonds is 9. The molecule has 0 saturated heterocycles. The second-order valence-corrected chi connectivity index (χ2v) is 8.59. The summed E-state index contributed by atoms with van der Waals surface area (Å²) in [5.74, 6) is 1.68. The molecule has 2 heterocycles. The van der Waals surface area contributed by atoms with E-state index < -0.39 is 11.2 Å². The Morgan fingerprint density at radius 1 is 1.18 bits per heavy atom. The number of methoxy groups -OCH3 is 1. The van der Waals surface area contributed by atoms with Gasteiger partial charge >= 0.3 is 0 Å². The van der Waals surface area contributed by atoms with Crippen LogP contribution in [0.15, 0.2) is 47.6 Å². The van der Waals surface area contributed by atoms with Gasteiger partial charge in [-0.3, -0.25) is 10.1 Å². The molecule has 0 amide bonds. The summed E-state index contributed by atoms with van der Waals surface area (Å²) < 4.78 is 11.7. The Bertz CT molecular complexity index is 1140. The summed E-state index contributed by atoms with van der Waals surface area (Å²) in [6.07, 6.45) is 3.87. The van der Waals surface area contributed by atoms with Gasteiger partial charge in [0.15, 0.2) is 5.69 Å². The number of ether oxygens (including phenoxy) is 2. The van der Waals surface area contributed by atoms with E-state index in [4.69, 9.17) is 9.47 Å². The smallest absolute Gasteiger partial charge is 0.270 e. The van der Waals surface area contributed by atoms with Crippen molar-refractivity contribution < 1.29 is 14.4 Å². The largest absolute Gasteiger partial charge is 0.496 e. The standard InChI is InChI=1S/C23H25N5O4S/c1-3-4-5-8-13-33-23-25-22-20(26-27-23)16-9-6-7-10-18(16)24-21(32-22)17-14-15(28(29)30)11-12-19(17)31-2/h6-7,9-12,14,21,24H,3-5,8,13H2,1-2H3/t21-/m0/s1. The number of nitrogens with one attached hydrogen (secondary N) is 1. The minimum absolute atomic E-state index is 0.0573. The van der Waals surface area contributed by atoms with Gasteiger partial charge in [-0.05, 0) is 18.6 Å². The molecule has 0 bridgehead atoms. The molecule has 1 aromatic heterocycles. The van der Waals surface area contributed by atoms with Crippen molar-refractivity contribution in [3.05, 3.63) is 58.1 Å². The molecule has 172 valence electrons. The minimum atomic E-state index is -0.777. The van der Waals surface area contributed by atoms with Crippen LogP contribution in [-0.4, -0.2) is 33.0 Å². The maximum Gasteiger partial charge on any atom is 0.270 e. The molecule has 3 aromatic rings. The predicted octanol–water partition coefficient (Wildman–Crippen LogP) is 5.63. The maximum atomic E-state index is 11.4. The van der Waals surface area contributed by atoms with Crippen LogP contribution >= 0.6 is 11.8 Å². The highest BCUT2D eigenvalue weighted by molar-refractivity contribution is 7.99. The van der Waals surface area contributed by atoms with E-state index in [1.807, 2.05) is 24.3 Å². The SMILES string of the molecule is CCCCCCSc1nnc2c(n1)O[C@@H](c1cc([N+](=O)[O-])ccc1OC)Nc1ccccc1-2. The molecule has 33 heavy (non-hydrogen) atoms. The molecule has 1 N–H and O–H groups in total. The average Bonchev–Trinajstić information content (AvgIpc) is 3.00. The highest BCUT2D eigenvalue weighted by Gasteiger charge is 2.29. The van der Waals surface area contributed by atoms with Crippen molar-refractivity contribution in [1.29, 1.82) is 0 Å². The fourth-order valence-electron chi connectivity index (χ4n) is 3.58. The van der Waals surface area contributed by atoms with Crippen LogP contribution in [0.3, 0.4) is 0 Å². The number of aromatic nitrogens is 3. The van der Waals surface area contributed by atoms with Crippen LogP contribution in [0.5, 0.6) is 11.6 Å². The number of fused-ring (bicyclic) bond motifs is 3. The molecule has 0 unspecified atom stereocenters. The minimum Gasteiger partial charge on any atom is -0.496 e. The molecule has 1 aliphatic heterocycles. The van der Waals surface area contributed by atoms with Crippen molar-refractivity contribution >= 4 is 23.1 Å². The predicted molar refractivity (Wildman–Crippen MR) is 127 cm³/mol. The molecule has 4 rings (SSSR count). The lowest BCUT2D eigenvalue weighted by atomic mass is 10.1. The first-order valence-electron chi connectivity index (χ1n) is 10.8. The maximum absolute atomic E-state index is 11.4. The van der Waals surface area contributed by atoms with E-state index in [1.165, 1.54) is 38.5 Å².